The smallest absolute Gasteiger partial charge is 0.222 e. The van der Waals surface area contributed by atoms with E-state index in [0.29, 0.717) is 11.6 Å². The lowest BCUT2D eigenvalue weighted by atomic mass is 9.95. The Bertz CT molecular complexity index is 609. The van der Waals surface area contributed by atoms with Crippen molar-refractivity contribution in [2.75, 3.05) is 13.1 Å². The molecule has 20 heavy (non-hydrogen) atoms. The number of aryl methyl sites for hydroxylation is 1. The molecular weight excluding hydrogens is 282 g/mol. The number of carbonyl (C=O) groups excluding carboxylic acids is 1. The van der Waals surface area contributed by atoms with Gasteiger partial charge in [0.2, 0.25) is 15.9 Å². The standard InChI is InChI=1S/C11H19N5O3S/c1-6(2)20(18,19)16-4-8(10(12)17)9(5-16)11-13-7(3)14-15-11/h6,8-9H,4-5H2,1-3H3,(H2,12,17)(H,13,14,15)/t8-,9-/m1/s1. The van der Waals surface area contributed by atoms with Gasteiger partial charge in [0.1, 0.15) is 5.82 Å². The van der Waals surface area contributed by atoms with Crippen molar-refractivity contribution >= 4 is 15.9 Å². The highest BCUT2D eigenvalue weighted by atomic mass is 32.2. The molecule has 2 heterocycles. The molecule has 1 saturated heterocycles. The lowest BCUT2D eigenvalue weighted by Crippen LogP contribution is -2.36. The lowest BCUT2D eigenvalue weighted by Gasteiger charge is -2.18. The van der Waals surface area contributed by atoms with Gasteiger partial charge >= 0.3 is 0 Å². The van der Waals surface area contributed by atoms with Crippen molar-refractivity contribution in [3.8, 4) is 0 Å². The van der Waals surface area contributed by atoms with E-state index in [-0.39, 0.29) is 13.1 Å². The number of amides is 1. The molecule has 0 radical (unpaired) electrons. The molecule has 9 heteroatoms. The summed E-state index contributed by atoms with van der Waals surface area (Å²) in [6, 6.07) is 0. The van der Waals surface area contributed by atoms with Crippen molar-refractivity contribution in [1.29, 1.82) is 0 Å². The van der Waals surface area contributed by atoms with Gasteiger partial charge in [-0.1, -0.05) is 0 Å². The maximum Gasteiger partial charge on any atom is 0.222 e. The van der Waals surface area contributed by atoms with E-state index >= 15 is 0 Å². The third kappa shape index (κ3) is 2.55. The monoisotopic (exact) mass is 301 g/mol. The SMILES string of the molecule is Cc1nc([C@@H]2CN(S(=O)(=O)C(C)C)C[C@H]2C(N)=O)n[nH]1. The molecule has 112 valence electrons. The van der Waals surface area contributed by atoms with E-state index < -0.39 is 33.0 Å². The van der Waals surface area contributed by atoms with E-state index in [0.717, 1.165) is 0 Å². The van der Waals surface area contributed by atoms with Gasteiger partial charge < -0.3 is 5.73 Å². The second-order valence-electron chi connectivity index (χ2n) is 5.31. The number of H-pyrrole nitrogens is 1. The fourth-order valence-electron chi connectivity index (χ4n) is 2.35. The summed E-state index contributed by atoms with van der Waals surface area (Å²) < 4.78 is 25.7. The first-order valence-corrected chi connectivity index (χ1v) is 7.91. The van der Waals surface area contributed by atoms with Gasteiger partial charge in [0.15, 0.2) is 5.82 Å². The molecule has 0 bridgehead atoms. The van der Waals surface area contributed by atoms with Crippen LogP contribution in [0, 0.1) is 12.8 Å². The Morgan fingerprint density at radius 2 is 2.10 bits per heavy atom. The van der Waals surface area contributed by atoms with Gasteiger partial charge in [-0.15, -0.1) is 0 Å². The molecule has 8 nitrogen and oxygen atoms in total. The first kappa shape index (κ1) is 14.9. The molecule has 3 N–H and O–H groups in total. The Labute approximate surface area is 117 Å². The first-order valence-electron chi connectivity index (χ1n) is 6.40. The molecular formula is C11H19N5O3S. The number of nitrogens with one attached hydrogen (secondary N) is 1. The normalized spacial score (nSPS) is 24.4. The number of hydrogen-bond acceptors (Lipinski definition) is 5. The minimum atomic E-state index is -3.42. The Balaban J connectivity index is 2.31. The molecule has 0 aromatic carbocycles. The van der Waals surface area contributed by atoms with Gasteiger partial charge in [0.25, 0.3) is 0 Å². The van der Waals surface area contributed by atoms with E-state index in [2.05, 4.69) is 15.2 Å². The second kappa shape index (κ2) is 5.13. The molecule has 1 fully saturated rings. The number of primary amides is 1. The average molecular weight is 301 g/mol. The largest absolute Gasteiger partial charge is 0.369 e. The van der Waals surface area contributed by atoms with Crippen LogP contribution in [-0.4, -0.2) is 52.2 Å². The van der Waals surface area contributed by atoms with Crippen molar-refractivity contribution in [3.05, 3.63) is 11.6 Å². The molecule has 0 spiro atoms. The van der Waals surface area contributed by atoms with Crippen molar-refractivity contribution in [1.82, 2.24) is 19.5 Å². The summed E-state index contributed by atoms with van der Waals surface area (Å²) in [7, 11) is -3.42. The highest BCUT2D eigenvalue weighted by Gasteiger charge is 2.44. The Kier molecular flexibility index (Phi) is 3.83. The fraction of sp³-hybridized carbons (Fsp3) is 0.727. The number of carbonyl (C=O) groups is 1. The number of sulfonamides is 1. The summed E-state index contributed by atoms with van der Waals surface area (Å²) in [6.45, 7) is 5.24. The summed E-state index contributed by atoms with van der Waals surface area (Å²) in [5, 5.41) is 6.19. The zero-order valence-electron chi connectivity index (χ0n) is 11.7. The van der Waals surface area contributed by atoms with Gasteiger partial charge in [0.05, 0.1) is 11.2 Å². The Morgan fingerprint density at radius 3 is 2.55 bits per heavy atom. The minimum absolute atomic E-state index is 0.0914. The van der Waals surface area contributed by atoms with Crippen LogP contribution in [0.15, 0.2) is 0 Å². The quantitative estimate of drug-likeness (QED) is 0.765. The van der Waals surface area contributed by atoms with Crippen LogP contribution in [0.5, 0.6) is 0 Å². The summed E-state index contributed by atoms with van der Waals surface area (Å²) >= 11 is 0. The molecule has 1 aliphatic rings. The predicted molar refractivity (Wildman–Crippen MR) is 72.2 cm³/mol. The van der Waals surface area contributed by atoms with Crippen LogP contribution in [0.25, 0.3) is 0 Å². The highest BCUT2D eigenvalue weighted by Crippen LogP contribution is 2.33. The molecule has 1 aromatic rings. The Morgan fingerprint density at radius 1 is 1.45 bits per heavy atom. The van der Waals surface area contributed by atoms with Crippen LogP contribution in [0.4, 0.5) is 0 Å². The van der Waals surface area contributed by atoms with Crippen LogP contribution in [0.2, 0.25) is 0 Å². The number of nitrogens with two attached hydrogens (primary N) is 1. The number of nitrogens with zero attached hydrogens (tertiary/aromatic N) is 3. The van der Waals surface area contributed by atoms with E-state index in [1.807, 2.05) is 0 Å². The average Bonchev–Trinajstić information content (AvgIpc) is 2.94. The third-order valence-electron chi connectivity index (χ3n) is 3.55. The third-order valence-corrected chi connectivity index (χ3v) is 5.76. The van der Waals surface area contributed by atoms with Crippen LogP contribution in [0.3, 0.4) is 0 Å². The van der Waals surface area contributed by atoms with E-state index in [1.54, 1.807) is 20.8 Å². The van der Waals surface area contributed by atoms with Gasteiger partial charge in [-0.25, -0.2) is 17.7 Å². The van der Waals surface area contributed by atoms with Crippen LogP contribution in [0.1, 0.15) is 31.4 Å². The molecule has 0 saturated carbocycles. The van der Waals surface area contributed by atoms with Crippen LogP contribution < -0.4 is 5.73 Å². The first-order chi connectivity index (χ1) is 9.23. The minimum Gasteiger partial charge on any atom is -0.369 e. The van der Waals surface area contributed by atoms with Crippen molar-refractivity contribution < 1.29 is 13.2 Å². The molecule has 1 aromatic heterocycles. The second-order valence-corrected chi connectivity index (χ2v) is 7.79. The zero-order valence-corrected chi connectivity index (χ0v) is 12.5. The molecule has 2 atom stereocenters. The highest BCUT2D eigenvalue weighted by molar-refractivity contribution is 7.89. The van der Waals surface area contributed by atoms with E-state index in [4.69, 9.17) is 5.73 Å². The fourth-order valence-corrected chi connectivity index (χ4v) is 3.68. The van der Waals surface area contributed by atoms with Gasteiger partial charge in [-0.3, -0.25) is 9.89 Å². The summed E-state index contributed by atoms with van der Waals surface area (Å²) in [5.41, 5.74) is 5.39. The predicted octanol–water partition coefficient (Wildman–Crippen LogP) is -0.648. The maximum absolute atomic E-state index is 12.2. The number of aromatic amines is 1. The van der Waals surface area contributed by atoms with Crippen LogP contribution in [-0.2, 0) is 14.8 Å². The molecule has 0 unspecified atom stereocenters. The molecule has 1 aliphatic heterocycles. The number of rotatable bonds is 4. The molecule has 1 amide bonds. The summed E-state index contributed by atoms with van der Waals surface area (Å²) in [6.07, 6.45) is 0. The van der Waals surface area contributed by atoms with Crippen molar-refractivity contribution in [3.63, 3.8) is 0 Å². The molecule has 2 rings (SSSR count). The lowest BCUT2D eigenvalue weighted by molar-refractivity contribution is -0.121. The topological polar surface area (TPSA) is 122 Å². The summed E-state index contributed by atoms with van der Waals surface area (Å²) in [5.74, 6) is -0.468. The zero-order chi connectivity index (χ0) is 15.1. The maximum atomic E-state index is 12.2. The Hall–Kier alpha value is -1.48. The summed E-state index contributed by atoms with van der Waals surface area (Å²) in [4.78, 5) is 15.8. The van der Waals surface area contributed by atoms with Crippen LogP contribution >= 0.6 is 0 Å². The molecule has 0 aliphatic carbocycles. The number of aromatic nitrogens is 3. The number of hydrogen-bond donors (Lipinski definition) is 2. The van der Waals surface area contributed by atoms with Gasteiger partial charge in [-0.2, -0.15) is 5.10 Å². The van der Waals surface area contributed by atoms with Gasteiger partial charge in [-0.05, 0) is 20.8 Å². The van der Waals surface area contributed by atoms with E-state index in [9.17, 15) is 13.2 Å². The van der Waals surface area contributed by atoms with Crippen molar-refractivity contribution in [2.45, 2.75) is 31.9 Å². The van der Waals surface area contributed by atoms with Crippen molar-refractivity contribution in [2.24, 2.45) is 11.7 Å². The van der Waals surface area contributed by atoms with Gasteiger partial charge in [0, 0.05) is 19.0 Å². The van der Waals surface area contributed by atoms with E-state index in [1.165, 1.54) is 4.31 Å².